The second kappa shape index (κ2) is 6.97. The molecule has 1 aromatic carbocycles. The largest absolute Gasteiger partial charge is 0.489 e. The molecule has 1 rings (SSSR count). The maximum absolute atomic E-state index is 8.56. The lowest BCUT2D eigenvalue weighted by molar-refractivity contribution is 0.320. The van der Waals surface area contributed by atoms with Crippen LogP contribution in [0.2, 0.25) is 5.02 Å². The number of hydrogen-bond acceptors (Lipinski definition) is 3. The lowest BCUT2D eigenvalue weighted by Gasteiger charge is -2.06. The minimum atomic E-state index is -0.119. The highest BCUT2D eigenvalue weighted by molar-refractivity contribution is 6.70. The summed E-state index contributed by atoms with van der Waals surface area (Å²) in [5, 5.41) is 11.7. The van der Waals surface area contributed by atoms with Crippen molar-refractivity contribution in [2.24, 2.45) is 5.16 Å². The van der Waals surface area contributed by atoms with Crippen LogP contribution in [-0.2, 0) is 0 Å². The highest BCUT2D eigenvalue weighted by Gasteiger charge is 2.08. The van der Waals surface area contributed by atoms with E-state index < -0.39 is 0 Å². The van der Waals surface area contributed by atoms with Crippen LogP contribution in [0.1, 0.15) is 5.56 Å². The van der Waals surface area contributed by atoms with Crippen LogP contribution in [-0.4, -0.2) is 17.0 Å². The smallest absolute Gasteiger partial charge is 0.176 e. The van der Waals surface area contributed by atoms with E-state index in [1.807, 2.05) is 0 Å². The normalized spacial score (nSPS) is 11.2. The van der Waals surface area contributed by atoms with E-state index in [0.29, 0.717) is 16.3 Å². The first-order valence-corrected chi connectivity index (χ1v) is 5.87. The molecule has 92 valence electrons. The van der Waals surface area contributed by atoms with Crippen LogP contribution in [0.4, 0.5) is 0 Å². The number of ether oxygens (including phenoxy) is 1. The van der Waals surface area contributed by atoms with Crippen LogP contribution in [0.25, 0.3) is 0 Å². The Morgan fingerprint density at radius 3 is 2.65 bits per heavy atom. The van der Waals surface area contributed by atoms with Gasteiger partial charge in [0.05, 0.1) is 5.02 Å². The van der Waals surface area contributed by atoms with Crippen molar-refractivity contribution in [1.82, 2.24) is 0 Å². The number of oxime groups is 1. The molecule has 0 atom stereocenters. The Morgan fingerprint density at radius 1 is 1.35 bits per heavy atom. The summed E-state index contributed by atoms with van der Waals surface area (Å²) in [5.74, 6) is 0.497. The van der Waals surface area contributed by atoms with Gasteiger partial charge in [0.15, 0.2) is 5.17 Å². The topological polar surface area (TPSA) is 41.8 Å². The Morgan fingerprint density at radius 2 is 2.06 bits per heavy atom. The summed E-state index contributed by atoms with van der Waals surface area (Å²) in [4.78, 5) is 0. The van der Waals surface area contributed by atoms with Gasteiger partial charge in [-0.1, -0.05) is 51.6 Å². The number of hydrogen-bond donors (Lipinski definition) is 1. The zero-order chi connectivity index (χ0) is 12.8. The molecule has 0 aliphatic carbocycles. The number of benzene rings is 1. The lowest BCUT2D eigenvalue weighted by Crippen LogP contribution is -1.97. The minimum Gasteiger partial charge on any atom is -0.489 e. The Kier molecular flexibility index (Phi) is 5.92. The number of nitrogens with zero attached hydrogens (tertiary/aromatic N) is 1. The van der Waals surface area contributed by atoms with Gasteiger partial charge in [-0.05, 0) is 24.3 Å². The molecular formula is C10H7Cl4NO2. The van der Waals surface area contributed by atoms with Crippen LogP contribution in [0, 0.1) is 0 Å². The maximum Gasteiger partial charge on any atom is 0.176 e. The first-order valence-electron chi connectivity index (χ1n) is 4.36. The zero-order valence-electron chi connectivity index (χ0n) is 8.33. The van der Waals surface area contributed by atoms with E-state index in [0.717, 1.165) is 0 Å². The second-order valence-corrected chi connectivity index (χ2v) is 4.61. The van der Waals surface area contributed by atoms with Gasteiger partial charge >= 0.3 is 0 Å². The first kappa shape index (κ1) is 14.5. The third-order valence-corrected chi connectivity index (χ3v) is 2.65. The molecule has 0 heterocycles. The molecule has 0 unspecified atom stereocenters. The van der Waals surface area contributed by atoms with Crippen LogP contribution < -0.4 is 4.74 Å². The van der Waals surface area contributed by atoms with E-state index in [-0.39, 0.29) is 16.3 Å². The summed E-state index contributed by atoms with van der Waals surface area (Å²) in [5.41, 5.74) is 0.370. The van der Waals surface area contributed by atoms with Crippen molar-refractivity contribution in [3.63, 3.8) is 0 Å². The average molecular weight is 315 g/mol. The van der Waals surface area contributed by atoms with Crippen LogP contribution in [0.15, 0.2) is 33.9 Å². The monoisotopic (exact) mass is 313 g/mol. The van der Waals surface area contributed by atoms with Crippen molar-refractivity contribution in [1.29, 1.82) is 0 Å². The zero-order valence-corrected chi connectivity index (χ0v) is 11.4. The van der Waals surface area contributed by atoms with Crippen LogP contribution in [0.5, 0.6) is 5.75 Å². The lowest BCUT2D eigenvalue weighted by atomic mass is 10.2. The summed E-state index contributed by atoms with van der Waals surface area (Å²) in [6.07, 6.45) is 1.49. The summed E-state index contributed by atoms with van der Waals surface area (Å²) < 4.78 is 5.43. The van der Waals surface area contributed by atoms with Crippen molar-refractivity contribution in [2.45, 2.75) is 0 Å². The summed E-state index contributed by atoms with van der Waals surface area (Å²) in [7, 11) is 0. The van der Waals surface area contributed by atoms with Crippen LogP contribution in [0.3, 0.4) is 0 Å². The molecule has 0 aromatic heterocycles. The second-order valence-electron chi connectivity index (χ2n) is 2.84. The van der Waals surface area contributed by atoms with E-state index in [1.54, 1.807) is 18.2 Å². The fourth-order valence-corrected chi connectivity index (χ4v) is 1.54. The molecule has 3 nitrogen and oxygen atoms in total. The molecule has 0 saturated carbocycles. The van der Waals surface area contributed by atoms with Gasteiger partial charge in [-0.3, -0.25) is 0 Å². The molecule has 0 aliphatic heterocycles. The van der Waals surface area contributed by atoms with Gasteiger partial charge in [0.25, 0.3) is 0 Å². The van der Waals surface area contributed by atoms with Crippen molar-refractivity contribution < 1.29 is 9.94 Å². The molecule has 0 fully saturated rings. The molecule has 0 amide bonds. The fraction of sp³-hybridized carbons (Fsp3) is 0.100. The standard InChI is InChI=1S/C10H7Cl4NO2/c11-8-2-1-6(17-4-3-9(12)13)5-7(8)10(14)15-16/h1-3,5,16H,4H2/b15-10-. The Labute approximate surface area is 118 Å². The summed E-state index contributed by atoms with van der Waals surface area (Å²) in [6, 6.07) is 4.76. The maximum atomic E-state index is 8.56. The van der Waals surface area contributed by atoms with E-state index in [4.69, 9.17) is 56.3 Å². The third-order valence-electron chi connectivity index (χ3n) is 1.74. The number of halogens is 4. The predicted molar refractivity (Wildman–Crippen MR) is 70.9 cm³/mol. The van der Waals surface area contributed by atoms with Gasteiger partial charge < -0.3 is 9.94 Å². The van der Waals surface area contributed by atoms with Crippen molar-refractivity contribution in [3.05, 3.63) is 39.4 Å². The average Bonchev–Trinajstić information content (AvgIpc) is 2.30. The highest BCUT2D eigenvalue weighted by Crippen LogP contribution is 2.24. The minimum absolute atomic E-state index is 0.119. The molecule has 1 aromatic rings. The van der Waals surface area contributed by atoms with Gasteiger partial charge in [0.2, 0.25) is 0 Å². The SMILES string of the molecule is O/N=C(\Cl)c1cc(OCC=C(Cl)Cl)ccc1Cl. The van der Waals surface area contributed by atoms with Crippen molar-refractivity contribution >= 4 is 51.6 Å². The van der Waals surface area contributed by atoms with Gasteiger partial charge in [0.1, 0.15) is 16.8 Å². The Hall–Kier alpha value is -0.610. The van der Waals surface area contributed by atoms with E-state index in [9.17, 15) is 0 Å². The molecule has 17 heavy (non-hydrogen) atoms. The van der Waals surface area contributed by atoms with Gasteiger partial charge in [0, 0.05) is 5.56 Å². The summed E-state index contributed by atoms with van der Waals surface area (Å²) >= 11 is 22.4. The molecule has 0 saturated heterocycles. The highest BCUT2D eigenvalue weighted by atomic mass is 35.5. The molecule has 0 aliphatic rings. The molecule has 0 radical (unpaired) electrons. The van der Waals surface area contributed by atoms with Crippen molar-refractivity contribution in [2.75, 3.05) is 6.61 Å². The van der Waals surface area contributed by atoms with Gasteiger partial charge in [-0.15, -0.1) is 0 Å². The van der Waals surface area contributed by atoms with Gasteiger partial charge in [-0.2, -0.15) is 0 Å². The first-order chi connectivity index (χ1) is 8.04. The molecule has 0 spiro atoms. The Balaban J connectivity index is 2.86. The molecule has 7 heteroatoms. The van der Waals surface area contributed by atoms with Crippen molar-refractivity contribution in [3.8, 4) is 5.75 Å². The molecular weight excluding hydrogens is 308 g/mol. The van der Waals surface area contributed by atoms with E-state index >= 15 is 0 Å². The van der Waals surface area contributed by atoms with E-state index in [1.165, 1.54) is 6.08 Å². The predicted octanol–water partition coefficient (Wildman–Crippen LogP) is 4.41. The Bertz CT molecular complexity index is 456. The quantitative estimate of drug-likeness (QED) is 0.508. The van der Waals surface area contributed by atoms with E-state index in [2.05, 4.69) is 5.16 Å². The third kappa shape index (κ3) is 4.64. The molecule has 1 N–H and O–H groups in total. The van der Waals surface area contributed by atoms with Crippen LogP contribution >= 0.6 is 46.4 Å². The number of rotatable bonds is 4. The summed E-state index contributed by atoms with van der Waals surface area (Å²) in [6.45, 7) is 0.206. The molecule has 0 bridgehead atoms. The van der Waals surface area contributed by atoms with Gasteiger partial charge in [-0.25, -0.2) is 0 Å². The fourth-order valence-electron chi connectivity index (χ4n) is 1.01.